The van der Waals surface area contributed by atoms with E-state index in [2.05, 4.69) is 4.98 Å². The summed E-state index contributed by atoms with van der Waals surface area (Å²) < 4.78 is 12.4. The first kappa shape index (κ1) is 24.5. The monoisotopic (exact) mass is 488 g/mol. The second-order valence-corrected chi connectivity index (χ2v) is 8.83. The van der Waals surface area contributed by atoms with E-state index >= 15 is 0 Å². The van der Waals surface area contributed by atoms with Gasteiger partial charge in [-0.2, -0.15) is 0 Å². The van der Waals surface area contributed by atoms with Gasteiger partial charge < -0.3 is 19.5 Å². The molecular formula is C24H25ClN2O5S. The molecule has 1 aromatic heterocycles. The minimum atomic E-state index is -0.885. The number of benzene rings is 2. The number of hydrogen-bond donors (Lipinski definition) is 1. The zero-order valence-electron chi connectivity index (χ0n) is 18.6. The van der Waals surface area contributed by atoms with Crippen LogP contribution in [0.2, 0.25) is 5.02 Å². The second kappa shape index (κ2) is 11.2. The third-order valence-electron chi connectivity index (χ3n) is 4.69. The molecule has 0 aliphatic heterocycles. The Morgan fingerprint density at radius 3 is 2.61 bits per heavy atom. The highest BCUT2D eigenvalue weighted by Crippen LogP contribution is 2.39. The fourth-order valence-electron chi connectivity index (χ4n) is 3.03. The summed E-state index contributed by atoms with van der Waals surface area (Å²) in [7, 11) is 3.29. The van der Waals surface area contributed by atoms with Crippen LogP contribution in [0.15, 0.2) is 36.4 Å². The Kier molecular flexibility index (Phi) is 8.30. The molecule has 1 amide bonds. The molecule has 3 aromatic rings. The number of nitrogens with zero attached hydrogens (tertiary/aromatic N) is 2. The zero-order chi connectivity index (χ0) is 24.0. The highest BCUT2D eigenvalue weighted by Gasteiger charge is 2.16. The van der Waals surface area contributed by atoms with E-state index in [4.69, 9.17) is 21.1 Å². The molecule has 0 fully saturated rings. The Balaban J connectivity index is 1.99. The van der Waals surface area contributed by atoms with Crippen LogP contribution < -0.4 is 9.47 Å². The summed E-state index contributed by atoms with van der Waals surface area (Å²) >= 11 is 8.00. The average Bonchev–Trinajstić information content (AvgIpc) is 3.20. The molecule has 2 aromatic carbocycles. The predicted octanol–water partition coefficient (Wildman–Crippen LogP) is 5.22. The molecule has 3 rings (SSSR count). The van der Waals surface area contributed by atoms with Gasteiger partial charge in [-0.3, -0.25) is 9.59 Å². The van der Waals surface area contributed by atoms with E-state index in [1.165, 1.54) is 16.2 Å². The maximum atomic E-state index is 11.9. The maximum Gasteiger partial charge on any atom is 0.303 e. The molecule has 0 saturated heterocycles. The molecule has 7 nitrogen and oxygen atoms in total. The summed E-state index contributed by atoms with van der Waals surface area (Å²) in [6.45, 7) is 2.05. The number of ether oxygens (including phenoxy) is 2. The smallest absolute Gasteiger partial charge is 0.303 e. The highest BCUT2D eigenvalue weighted by molar-refractivity contribution is 7.19. The van der Waals surface area contributed by atoms with Crippen LogP contribution in [0.25, 0.3) is 21.9 Å². The number of aromatic nitrogens is 1. The van der Waals surface area contributed by atoms with E-state index in [0.29, 0.717) is 23.8 Å². The molecule has 0 bridgehead atoms. The molecule has 174 valence electrons. The average molecular weight is 489 g/mol. The molecule has 9 heteroatoms. The van der Waals surface area contributed by atoms with E-state index in [1.807, 2.05) is 37.3 Å². The summed E-state index contributed by atoms with van der Waals surface area (Å²) in [4.78, 5) is 29.3. The zero-order valence-corrected chi connectivity index (χ0v) is 20.2. The Morgan fingerprint density at radius 1 is 1.18 bits per heavy atom. The fraction of sp³-hybridized carbons (Fsp3) is 0.292. The van der Waals surface area contributed by atoms with Gasteiger partial charge in [0.1, 0.15) is 5.01 Å². The summed E-state index contributed by atoms with van der Waals surface area (Å²) in [6, 6.07) is 11.2. The van der Waals surface area contributed by atoms with Crippen molar-refractivity contribution in [3.63, 3.8) is 0 Å². The van der Waals surface area contributed by atoms with Crippen molar-refractivity contribution < 1.29 is 24.2 Å². The third-order valence-corrected chi connectivity index (χ3v) is 6.08. The Morgan fingerprint density at radius 2 is 1.94 bits per heavy atom. The molecule has 0 spiro atoms. The van der Waals surface area contributed by atoms with Gasteiger partial charge >= 0.3 is 5.97 Å². The number of likely N-dealkylation sites (N-methyl/N-ethyl adjacent to an activating group) is 1. The number of fused-ring (bicyclic) bond motifs is 1. The number of hydrogen-bond acceptors (Lipinski definition) is 6. The minimum absolute atomic E-state index is 0.0261. The molecule has 0 aliphatic carbocycles. The van der Waals surface area contributed by atoms with Gasteiger partial charge in [-0.1, -0.05) is 23.7 Å². The lowest BCUT2D eigenvalue weighted by molar-refractivity contribution is -0.137. The second-order valence-electron chi connectivity index (χ2n) is 7.39. The summed E-state index contributed by atoms with van der Waals surface area (Å²) in [6.07, 6.45) is 2.15. The van der Waals surface area contributed by atoms with Gasteiger partial charge in [0.05, 0.1) is 21.8 Å². The van der Waals surface area contributed by atoms with Gasteiger partial charge in [0.25, 0.3) is 5.91 Å². The lowest BCUT2D eigenvalue weighted by atomic mass is 10.1. The molecule has 1 heterocycles. The molecule has 0 aliphatic rings. The van der Waals surface area contributed by atoms with Crippen LogP contribution >= 0.6 is 22.9 Å². The standard InChI is InChI=1S/C24H25ClN2O5S/c1-4-31-19-13-15(12-17(25)23(19)32-14-21(28)27(2)3)11-16(9-10-22(29)30)24-26-18-7-5-6-8-20(18)33-24/h5-8,11-13H,4,9-10,14H2,1-3H3,(H,29,30). The van der Waals surface area contributed by atoms with Crippen LogP contribution in [0.3, 0.4) is 0 Å². The molecule has 33 heavy (non-hydrogen) atoms. The maximum absolute atomic E-state index is 11.9. The van der Waals surface area contributed by atoms with Crippen LogP contribution in [0.1, 0.15) is 30.3 Å². The first-order chi connectivity index (χ1) is 15.8. The minimum Gasteiger partial charge on any atom is -0.490 e. The lowest BCUT2D eigenvalue weighted by Gasteiger charge is -2.16. The van der Waals surface area contributed by atoms with E-state index in [9.17, 15) is 14.7 Å². The first-order valence-electron chi connectivity index (χ1n) is 10.4. The van der Waals surface area contributed by atoms with Crippen molar-refractivity contribution in [2.45, 2.75) is 19.8 Å². The van der Waals surface area contributed by atoms with Crippen LogP contribution in [-0.4, -0.2) is 54.2 Å². The number of thiazole rings is 1. The highest BCUT2D eigenvalue weighted by atomic mass is 35.5. The number of para-hydroxylation sites is 1. The predicted molar refractivity (Wildman–Crippen MR) is 131 cm³/mol. The van der Waals surface area contributed by atoms with Gasteiger partial charge in [-0.25, -0.2) is 4.98 Å². The van der Waals surface area contributed by atoms with Crippen molar-refractivity contribution in [3.8, 4) is 11.5 Å². The van der Waals surface area contributed by atoms with Crippen LogP contribution in [0, 0.1) is 0 Å². The Hall–Kier alpha value is -3.10. The van der Waals surface area contributed by atoms with Gasteiger partial charge in [0.2, 0.25) is 0 Å². The van der Waals surface area contributed by atoms with Gasteiger partial charge in [-0.15, -0.1) is 11.3 Å². The number of carboxylic acids is 1. The van der Waals surface area contributed by atoms with E-state index in [1.54, 1.807) is 26.2 Å². The summed E-state index contributed by atoms with van der Waals surface area (Å²) in [5, 5.41) is 10.3. The molecule has 0 radical (unpaired) electrons. The molecule has 0 unspecified atom stereocenters. The van der Waals surface area contributed by atoms with Crippen LogP contribution in [0.4, 0.5) is 0 Å². The Labute approximate surface area is 201 Å². The number of carbonyl (C=O) groups is 2. The normalized spacial score (nSPS) is 11.5. The van der Waals surface area contributed by atoms with Gasteiger partial charge in [0, 0.05) is 20.5 Å². The molecule has 0 saturated carbocycles. The van der Waals surface area contributed by atoms with Crippen LogP contribution in [-0.2, 0) is 9.59 Å². The third kappa shape index (κ3) is 6.46. The Bertz CT molecular complexity index is 1160. The summed E-state index contributed by atoms with van der Waals surface area (Å²) in [5.74, 6) is -0.392. The number of carboxylic acid groups (broad SMARTS) is 1. The van der Waals surface area contributed by atoms with Crippen molar-refractivity contribution in [3.05, 3.63) is 52.0 Å². The van der Waals surface area contributed by atoms with E-state index in [0.717, 1.165) is 26.4 Å². The fourth-order valence-corrected chi connectivity index (χ4v) is 4.31. The van der Waals surface area contributed by atoms with E-state index in [-0.39, 0.29) is 24.7 Å². The van der Waals surface area contributed by atoms with Crippen molar-refractivity contribution in [1.29, 1.82) is 0 Å². The number of aliphatic carboxylic acids is 1. The van der Waals surface area contributed by atoms with Gasteiger partial charge in [0.15, 0.2) is 18.1 Å². The number of rotatable bonds is 10. The summed E-state index contributed by atoms with van der Waals surface area (Å²) in [5.41, 5.74) is 2.36. The van der Waals surface area contributed by atoms with Gasteiger partial charge in [-0.05, 0) is 54.8 Å². The number of amides is 1. The van der Waals surface area contributed by atoms with E-state index < -0.39 is 5.97 Å². The van der Waals surface area contributed by atoms with Crippen LogP contribution in [0.5, 0.6) is 11.5 Å². The topological polar surface area (TPSA) is 89.0 Å². The molecular weight excluding hydrogens is 464 g/mol. The number of allylic oxidation sites excluding steroid dienone is 1. The number of carbonyl (C=O) groups excluding carboxylic acids is 1. The quantitative estimate of drug-likeness (QED) is 0.421. The molecule has 1 N–H and O–H groups in total. The molecule has 0 atom stereocenters. The first-order valence-corrected chi connectivity index (χ1v) is 11.6. The van der Waals surface area contributed by atoms with Crippen molar-refractivity contribution >= 4 is 56.7 Å². The van der Waals surface area contributed by atoms with Crippen molar-refractivity contribution in [2.75, 3.05) is 27.3 Å². The largest absolute Gasteiger partial charge is 0.490 e. The lowest BCUT2D eigenvalue weighted by Crippen LogP contribution is -2.27. The SMILES string of the molecule is CCOc1cc(C=C(CCC(=O)O)c2nc3ccccc3s2)cc(Cl)c1OCC(=O)N(C)C. The number of halogens is 1. The van der Waals surface area contributed by atoms with Crippen molar-refractivity contribution in [1.82, 2.24) is 9.88 Å². The van der Waals surface area contributed by atoms with Crippen molar-refractivity contribution in [2.24, 2.45) is 0 Å².